The number of benzene rings is 1. The van der Waals surface area contributed by atoms with Crippen molar-refractivity contribution in [2.45, 2.75) is 44.7 Å². The number of nitro groups is 1. The number of nitrogens with zero attached hydrogens (tertiary/aromatic N) is 3. The van der Waals surface area contributed by atoms with Gasteiger partial charge in [0, 0.05) is 50.1 Å². The van der Waals surface area contributed by atoms with Crippen LogP contribution in [0.4, 0.5) is 29.3 Å². The molecule has 12 heteroatoms. The molecule has 9 nitrogen and oxygen atoms in total. The number of anilines is 1. The monoisotopic (exact) mass is 449 g/mol. The van der Waals surface area contributed by atoms with Gasteiger partial charge < -0.3 is 19.5 Å². The summed E-state index contributed by atoms with van der Waals surface area (Å²) in [5.74, 6) is 0. The van der Waals surface area contributed by atoms with Crippen LogP contribution in [-0.2, 0) is 9.47 Å². The van der Waals surface area contributed by atoms with E-state index in [4.69, 9.17) is 9.47 Å². The Morgan fingerprint density at radius 1 is 1.32 bits per heavy atom. The smallest absolute Gasteiger partial charge is 0.418 e. The third-order valence-corrected chi connectivity index (χ3v) is 4.64. The third-order valence-electron chi connectivity index (χ3n) is 4.64. The molecule has 1 aromatic rings. The largest absolute Gasteiger partial charge is 0.444 e. The number of carbonyl (C=O) groups is 1. The molecule has 1 aliphatic rings. The number of piperazine rings is 1. The van der Waals surface area contributed by atoms with Gasteiger partial charge in [-0.25, -0.2) is 4.79 Å². The van der Waals surface area contributed by atoms with Crippen molar-refractivity contribution in [2.75, 3.05) is 38.3 Å². The fourth-order valence-corrected chi connectivity index (χ4v) is 3.31. The zero-order valence-electron chi connectivity index (χ0n) is 17.7. The van der Waals surface area contributed by atoms with Crippen LogP contribution in [0.25, 0.3) is 0 Å². The summed E-state index contributed by atoms with van der Waals surface area (Å²) in [5.41, 5.74) is -1.92. The summed E-state index contributed by atoms with van der Waals surface area (Å²) in [6, 6.07) is 2.43. The molecular formula is C19H26F3N3O6. The summed E-state index contributed by atoms with van der Waals surface area (Å²) in [4.78, 5) is 25.7. The third kappa shape index (κ3) is 6.20. The number of methoxy groups -OCH3 is 1. The van der Waals surface area contributed by atoms with E-state index in [9.17, 15) is 33.2 Å². The molecule has 1 aromatic carbocycles. The van der Waals surface area contributed by atoms with Crippen molar-refractivity contribution < 1.29 is 37.5 Å². The number of hydrogen-bond acceptors (Lipinski definition) is 7. The maximum absolute atomic E-state index is 13.2. The number of hydrogen-bond donors (Lipinski definition) is 1. The predicted molar refractivity (Wildman–Crippen MR) is 105 cm³/mol. The molecule has 1 aliphatic heterocycles. The molecule has 2 atom stereocenters. The zero-order chi connectivity index (χ0) is 23.6. The lowest BCUT2D eigenvalue weighted by Crippen LogP contribution is -2.58. The van der Waals surface area contributed by atoms with Gasteiger partial charge in [-0.1, -0.05) is 0 Å². The Bertz CT molecular complexity index is 812. The Kier molecular flexibility index (Phi) is 7.37. The molecule has 1 heterocycles. The first kappa shape index (κ1) is 24.7. The number of alkyl halides is 3. The predicted octanol–water partition coefficient (Wildman–Crippen LogP) is 3.26. The lowest BCUT2D eigenvalue weighted by atomic mass is 10.0. The fourth-order valence-electron chi connectivity index (χ4n) is 3.31. The summed E-state index contributed by atoms with van der Waals surface area (Å²) in [6.07, 6.45) is -8.48. The average Bonchev–Trinajstić information content (AvgIpc) is 2.65. The molecule has 174 valence electrons. The van der Waals surface area contributed by atoms with Crippen LogP contribution in [-0.4, -0.2) is 72.2 Å². The van der Waals surface area contributed by atoms with Gasteiger partial charge >= 0.3 is 12.3 Å². The number of carbonyl (C=O) groups excluding carboxylic acids is 1. The minimum atomic E-state index is -5.01. The van der Waals surface area contributed by atoms with Gasteiger partial charge in [0.05, 0.1) is 17.6 Å². The highest BCUT2D eigenvalue weighted by atomic mass is 19.4. The van der Waals surface area contributed by atoms with Gasteiger partial charge in [-0.15, -0.1) is 0 Å². The summed E-state index contributed by atoms with van der Waals surface area (Å²) < 4.78 is 50.2. The maximum Gasteiger partial charge on any atom is 0.418 e. The fraction of sp³-hybridized carbons (Fsp3) is 0.632. The molecule has 2 rings (SSSR count). The highest BCUT2D eigenvalue weighted by molar-refractivity contribution is 5.69. The van der Waals surface area contributed by atoms with Gasteiger partial charge in [0.2, 0.25) is 0 Å². The lowest BCUT2D eigenvalue weighted by molar-refractivity contribution is -0.385. The summed E-state index contributed by atoms with van der Waals surface area (Å²) >= 11 is 0. The molecule has 0 spiro atoms. The van der Waals surface area contributed by atoms with Crippen molar-refractivity contribution in [3.05, 3.63) is 33.9 Å². The van der Waals surface area contributed by atoms with Crippen molar-refractivity contribution in [3.8, 4) is 0 Å². The first-order valence-corrected chi connectivity index (χ1v) is 9.51. The lowest BCUT2D eigenvalue weighted by Gasteiger charge is -2.43. The second-order valence-corrected chi connectivity index (χ2v) is 8.17. The van der Waals surface area contributed by atoms with E-state index in [2.05, 4.69) is 0 Å². The van der Waals surface area contributed by atoms with Crippen LogP contribution in [0.1, 0.15) is 32.4 Å². The quantitative estimate of drug-likeness (QED) is 0.543. The van der Waals surface area contributed by atoms with E-state index in [1.807, 2.05) is 0 Å². The van der Waals surface area contributed by atoms with Crippen LogP contribution >= 0.6 is 0 Å². The van der Waals surface area contributed by atoms with Gasteiger partial charge in [0.1, 0.15) is 5.60 Å². The van der Waals surface area contributed by atoms with Crippen LogP contribution in [0, 0.1) is 10.1 Å². The molecule has 31 heavy (non-hydrogen) atoms. The number of nitro benzene ring substituents is 1. The van der Waals surface area contributed by atoms with Crippen LogP contribution in [0.2, 0.25) is 0 Å². The second-order valence-electron chi connectivity index (χ2n) is 8.17. The molecule has 0 unspecified atom stereocenters. The van der Waals surface area contributed by atoms with Crippen molar-refractivity contribution in [3.63, 3.8) is 0 Å². The van der Waals surface area contributed by atoms with Crippen molar-refractivity contribution in [2.24, 2.45) is 0 Å². The number of halogens is 3. The Morgan fingerprint density at radius 2 is 1.97 bits per heavy atom. The Labute approximate surface area is 177 Å². The van der Waals surface area contributed by atoms with Crippen molar-refractivity contribution in [1.82, 2.24) is 4.90 Å². The zero-order valence-corrected chi connectivity index (χ0v) is 17.7. The van der Waals surface area contributed by atoms with E-state index in [0.717, 1.165) is 12.1 Å². The van der Waals surface area contributed by atoms with Crippen molar-refractivity contribution in [1.29, 1.82) is 0 Å². The van der Waals surface area contributed by atoms with Crippen LogP contribution in [0.5, 0.6) is 0 Å². The second kappa shape index (κ2) is 9.27. The first-order valence-electron chi connectivity index (χ1n) is 9.51. The SMILES string of the molecule is COC[C@H]1CN(c2ccc([N+](=O)[O-])cc2[C@H](O)C(F)(F)F)CCN1C(=O)OC(C)(C)C. The molecule has 0 bridgehead atoms. The molecule has 1 fully saturated rings. The summed E-state index contributed by atoms with van der Waals surface area (Å²) in [5, 5.41) is 20.9. The van der Waals surface area contributed by atoms with Gasteiger partial charge in [0.25, 0.3) is 5.69 Å². The molecule has 0 aliphatic carbocycles. The summed E-state index contributed by atoms with van der Waals surface area (Å²) in [6.45, 7) is 5.59. The minimum absolute atomic E-state index is 0.000340. The van der Waals surface area contributed by atoms with E-state index in [1.165, 1.54) is 18.1 Å². The molecular weight excluding hydrogens is 423 g/mol. The standard InChI is InChI=1S/C19H26F3N3O6/c1-18(2,3)31-17(27)24-8-7-23(10-13(24)11-30-4)15-6-5-12(25(28)29)9-14(15)16(26)19(20,21)22/h5-6,9,13,16,26H,7-8,10-11H2,1-4H3/t13-,16+/m1/s1. The minimum Gasteiger partial charge on any atom is -0.444 e. The number of amides is 1. The number of aliphatic hydroxyl groups is 1. The number of rotatable bonds is 5. The van der Waals surface area contributed by atoms with E-state index in [1.54, 1.807) is 25.7 Å². The normalized spacial score (nSPS) is 18.6. The number of non-ortho nitro benzene ring substituents is 1. The topological polar surface area (TPSA) is 105 Å². The Balaban J connectivity index is 2.36. The number of aliphatic hydroxyl groups excluding tert-OH is 1. The van der Waals surface area contributed by atoms with Gasteiger partial charge in [-0.05, 0) is 26.8 Å². The van der Waals surface area contributed by atoms with E-state index >= 15 is 0 Å². The number of ether oxygens (including phenoxy) is 2. The first-order chi connectivity index (χ1) is 14.2. The van der Waals surface area contributed by atoms with Crippen LogP contribution < -0.4 is 4.90 Å². The van der Waals surface area contributed by atoms with Gasteiger partial charge in [0.15, 0.2) is 6.10 Å². The molecule has 0 radical (unpaired) electrons. The molecule has 0 saturated carbocycles. The van der Waals surface area contributed by atoms with Crippen LogP contribution in [0.3, 0.4) is 0 Å². The summed E-state index contributed by atoms with van der Waals surface area (Å²) in [7, 11) is 1.43. The highest BCUT2D eigenvalue weighted by Gasteiger charge is 2.43. The van der Waals surface area contributed by atoms with E-state index in [0.29, 0.717) is 0 Å². The van der Waals surface area contributed by atoms with Gasteiger partial charge in [-0.3, -0.25) is 15.0 Å². The molecule has 1 N–H and O–H groups in total. The average molecular weight is 449 g/mol. The Hall–Kier alpha value is -2.60. The Morgan fingerprint density at radius 3 is 2.48 bits per heavy atom. The maximum atomic E-state index is 13.2. The molecule has 1 amide bonds. The molecule has 0 aromatic heterocycles. The van der Waals surface area contributed by atoms with Gasteiger partial charge in [-0.2, -0.15) is 13.2 Å². The highest BCUT2D eigenvalue weighted by Crippen LogP contribution is 2.39. The van der Waals surface area contributed by atoms with E-state index in [-0.39, 0.29) is 31.9 Å². The molecule has 1 saturated heterocycles. The van der Waals surface area contributed by atoms with E-state index < -0.39 is 46.2 Å². The van der Waals surface area contributed by atoms with Crippen molar-refractivity contribution >= 4 is 17.5 Å². The van der Waals surface area contributed by atoms with Crippen LogP contribution in [0.15, 0.2) is 18.2 Å².